The lowest BCUT2D eigenvalue weighted by Crippen LogP contribution is -2.27. The van der Waals surface area contributed by atoms with Crippen molar-refractivity contribution in [2.45, 2.75) is 12.2 Å². The van der Waals surface area contributed by atoms with E-state index in [1.54, 1.807) is 24.3 Å². The summed E-state index contributed by atoms with van der Waals surface area (Å²) in [6.07, 6.45) is 2.10. The molecule has 3 rings (SSSR count). The molecule has 1 aliphatic carbocycles. The Morgan fingerprint density at radius 3 is 2.78 bits per heavy atom. The fraction of sp³-hybridized carbons (Fsp3) is 0.182. The first-order valence-electron chi connectivity index (χ1n) is 5.11. The van der Waals surface area contributed by atoms with Crippen molar-refractivity contribution in [3.05, 3.63) is 46.4 Å². The summed E-state index contributed by atoms with van der Waals surface area (Å²) in [5.41, 5.74) is -1.45. The van der Waals surface area contributed by atoms with E-state index in [2.05, 4.69) is 9.98 Å². The molecule has 0 aromatic carbocycles. The number of aromatic nitrogens is 2. The monoisotopic (exact) mass is 253 g/mol. The Morgan fingerprint density at radius 2 is 2.06 bits per heavy atom. The zero-order valence-corrected chi connectivity index (χ0v) is 8.85. The Kier molecular flexibility index (Phi) is 2.07. The third-order valence-electron chi connectivity index (χ3n) is 2.71. The van der Waals surface area contributed by atoms with Crippen LogP contribution in [0.1, 0.15) is 11.7 Å². The Morgan fingerprint density at radius 1 is 1.28 bits per heavy atom. The summed E-state index contributed by atoms with van der Waals surface area (Å²) in [6.45, 7) is 0. The molecule has 1 aromatic rings. The number of halogens is 3. The number of nitrogens with zero attached hydrogens (tertiary/aromatic N) is 3. The Hall–Kier alpha value is -2.18. The van der Waals surface area contributed by atoms with Crippen molar-refractivity contribution in [1.82, 2.24) is 9.55 Å². The van der Waals surface area contributed by atoms with Crippen LogP contribution in [0.4, 0.5) is 19.1 Å². The maximum absolute atomic E-state index is 12.5. The van der Waals surface area contributed by atoms with E-state index in [1.165, 1.54) is 0 Å². The molecule has 0 N–H and O–H groups in total. The predicted octanol–water partition coefficient (Wildman–Crippen LogP) is 2.02. The smallest absolute Gasteiger partial charge is 0.269 e. The largest absolute Gasteiger partial charge is 0.433 e. The molecule has 4 nitrogen and oxygen atoms in total. The fourth-order valence-corrected chi connectivity index (χ4v) is 1.92. The van der Waals surface area contributed by atoms with Crippen LogP contribution in [0, 0.1) is 0 Å². The molecule has 1 aliphatic heterocycles. The van der Waals surface area contributed by atoms with Crippen LogP contribution in [0.2, 0.25) is 0 Å². The van der Waals surface area contributed by atoms with Gasteiger partial charge in [-0.1, -0.05) is 18.2 Å². The second kappa shape index (κ2) is 3.41. The molecule has 0 saturated heterocycles. The van der Waals surface area contributed by atoms with Gasteiger partial charge in [0, 0.05) is 6.07 Å². The number of fused-ring (bicyclic) bond motifs is 3. The van der Waals surface area contributed by atoms with Crippen molar-refractivity contribution in [3.8, 4) is 0 Å². The predicted molar refractivity (Wildman–Crippen MR) is 57.9 cm³/mol. The summed E-state index contributed by atoms with van der Waals surface area (Å²) >= 11 is 0. The zero-order chi connectivity index (χ0) is 12.9. The first-order valence-corrected chi connectivity index (χ1v) is 5.11. The summed E-state index contributed by atoms with van der Waals surface area (Å²) in [5, 5.41) is 0. The van der Waals surface area contributed by atoms with E-state index in [4.69, 9.17) is 0 Å². The van der Waals surface area contributed by atoms with Crippen molar-refractivity contribution in [3.63, 3.8) is 0 Å². The Balaban J connectivity index is 2.21. The van der Waals surface area contributed by atoms with Crippen LogP contribution in [0.3, 0.4) is 0 Å². The van der Waals surface area contributed by atoms with Gasteiger partial charge < -0.3 is 0 Å². The number of alkyl halides is 3. The number of aliphatic imine (C=N–C) groups is 1. The summed E-state index contributed by atoms with van der Waals surface area (Å²) < 4.78 is 38.7. The summed E-state index contributed by atoms with van der Waals surface area (Å²) in [6, 6.07) is 0.0426. The number of allylic oxidation sites excluding steroid dienone is 4. The van der Waals surface area contributed by atoms with E-state index >= 15 is 0 Å². The topological polar surface area (TPSA) is 47.2 Å². The fourth-order valence-electron chi connectivity index (χ4n) is 1.92. The van der Waals surface area contributed by atoms with Gasteiger partial charge in [0.1, 0.15) is 6.04 Å². The van der Waals surface area contributed by atoms with E-state index in [1.807, 2.05) is 0 Å². The highest BCUT2D eigenvalue weighted by molar-refractivity contribution is 6.03. The molecule has 2 heterocycles. The minimum Gasteiger partial charge on any atom is -0.269 e. The van der Waals surface area contributed by atoms with Crippen molar-refractivity contribution in [1.29, 1.82) is 0 Å². The van der Waals surface area contributed by atoms with Crippen LogP contribution < -0.4 is 5.56 Å². The van der Waals surface area contributed by atoms with Gasteiger partial charge in [-0.25, -0.2) is 9.98 Å². The number of hydrogen-bond donors (Lipinski definition) is 0. The van der Waals surface area contributed by atoms with E-state index in [0.29, 0.717) is 11.8 Å². The molecule has 1 atom stereocenters. The van der Waals surface area contributed by atoms with Gasteiger partial charge in [-0.15, -0.1) is 0 Å². The van der Waals surface area contributed by atoms with Crippen LogP contribution in [0.25, 0.3) is 0 Å². The zero-order valence-electron chi connectivity index (χ0n) is 8.85. The average molecular weight is 253 g/mol. The standard InChI is InChI=1S/C11H6F3N3O/c12-11(13,14)8-5-9(18)17-7-4-2-1-3-6(7)15-10(17)16-8/h1-5,7H. The normalized spacial score (nSPS) is 20.6. The summed E-state index contributed by atoms with van der Waals surface area (Å²) in [7, 11) is 0. The van der Waals surface area contributed by atoms with Gasteiger partial charge in [-0.3, -0.25) is 9.36 Å². The van der Waals surface area contributed by atoms with Crippen molar-refractivity contribution in [2.24, 2.45) is 4.99 Å². The summed E-state index contributed by atoms with van der Waals surface area (Å²) in [5.74, 6) is -0.203. The summed E-state index contributed by atoms with van der Waals surface area (Å²) in [4.78, 5) is 19.1. The van der Waals surface area contributed by atoms with Crippen LogP contribution in [-0.2, 0) is 6.18 Å². The van der Waals surface area contributed by atoms with Crippen LogP contribution in [0.5, 0.6) is 0 Å². The van der Waals surface area contributed by atoms with E-state index in [9.17, 15) is 18.0 Å². The second-order valence-corrected chi connectivity index (χ2v) is 3.87. The van der Waals surface area contributed by atoms with Crippen molar-refractivity contribution < 1.29 is 13.2 Å². The van der Waals surface area contributed by atoms with Gasteiger partial charge in [0.15, 0.2) is 5.69 Å². The second-order valence-electron chi connectivity index (χ2n) is 3.87. The molecule has 0 bridgehead atoms. The molecule has 0 fully saturated rings. The quantitative estimate of drug-likeness (QED) is 0.710. The third kappa shape index (κ3) is 1.51. The lowest BCUT2D eigenvalue weighted by atomic mass is 10.1. The lowest BCUT2D eigenvalue weighted by molar-refractivity contribution is -0.141. The average Bonchev–Trinajstić information content (AvgIpc) is 2.66. The van der Waals surface area contributed by atoms with Gasteiger partial charge in [-0.2, -0.15) is 13.2 Å². The molecule has 1 unspecified atom stereocenters. The molecule has 7 heteroatoms. The lowest BCUT2D eigenvalue weighted by Gasteiger charge is -2.13. The highest BCUT2D eigenvalue weighted by Gasteiger charge is 2.36. The van der Waals surface area contributed by atoms with Crippen LogP contribution >= 0.6 is 0 Å². The van der Waals surface area contributed by atoms with E-state index in [0.717, 1.165) is 4.57 Å². The Labute approximate surface area is 98.8 Å². The molecule has 0 amide bonds. The van der Waals surface area contributed by atoms with Gasteiger partial charge >= 0.3 is 6.18 Å². The van der Waals surface area contributed by atoms with Gasteiger partial charge in [0.25, 0.3) is 5.56 Å². The highest BCUT2D eigenvalue weighted by atomic mass is 19.4. The van der Waals surface area contributed by atoms with Gasteiger partial charge in [0.05, 0.1) is 5.71 Å². The van der Waals surface area contributed by atoms with E-state index in [-0.39, 0.29) is 5.95 Å². The number of rotatable bonds is 0. The maximum Gasteiger partial charge on any atom is 0.433 e. The minimum atomic E-state index is -4.64. The molecule has 1 aromatic heterocycles. The molecule has 0 radical (unpaired) electrons. The molecule has 0 spiro atoms. The maximum atomic E-state index is 12.5. The van der Waals surface area contributed by atoms with Crippen LogP contribution in [0.15, 0.2) is 40.2 Å². The van der Waals surface area contributed by atoms with Gasteiger partial charge in [0.2, 0.25) is 5.95 Å². The molecular formula is C11H6F3N3O. The van der Waals surface area contributed by atoms with Crippen molar-refractivity contribution >= 4 is 11.7 Å². The van der Waals surface area contributed by atoms with Crippen molar-refractivity contribution in [2.75, 3.05) is 0 Å². The SMILES string of the molecule is O=c1cc(C(F)(F)F)nc2n1C1C=CC=CC1=N2. The number of hydrogen-bond acceptors (Lipinski definition) is 3. The molecule has 2 aliphatic rings. The van der Waals surface area contributed by atoms with Gasteiger partial charge in [-0.05, 0) is 6.08 Å². The Bertz CT molecular complexity index is 667. The third-order valence-corrected chi connectivity index (χ3v) is 2.71. The molecule has 0 saturated carbocycles. The van der Waals surface area contributed by atoms with E-state index < -0.39 is 23.5 Å². The molecular weight excluding hydrogens is 247 g/mol. The molecule has 92 valence electrons. The van der Waals surface area contributed by atoms with Crippen LogP contribution in [-0.4, -0.2) is 15.3 Å². The molecule has 18 heavy (non-hydrogen) atoms. The minimum absolute atomic E-state index is 0.203. The first-order chi connectivity index (χ1) is 8.47. The highest BCUT2D eigenvalue weighted by Crippen LogP contribution is 2.32. The first kappa shape index (κ1) is 10.9.